The number of anilines is 3. The van der Waals surface area contributed by atoms with Crippen LogP contribution in [0.3, 0.4) is 0 Å². The Hall–Kier alpha value is -3.86. The van der Waals surface area contributed by atoms with Crippen LogP contribution in [-0.4, -0.2) is 33.2 Å². The number of hydrogen-bond donors (Lipinski definition) is 1. The maximum atomic E-state index is 6.34. The van der Waals surface area contributed by atoms with Gasteiger partial charge in [0.05, 0.1) is 11.8 Å². The highest BCUT2D eigenvalue weighted by atomic mass is 16.3. The molecule has 0 unspecified atom stereocenters. The van der Waals surface area contributed by atoms with Crippen LogP contribution in [0.15, 0.2) is 77.2 Å². The van der Waals surface area contributed by atoms with Crippen molar-refractivity contribution in [2.24, 2.45) is 0 Å². The fourth-order valence-corrected chi connectivity index (χ4v) is 3.82. The van der Waals surface area contributed by atoms with Gasteiger partial charge in [0.1, 0.15) is 25.3 Å². The van der Waals surface area contributed by atoms with Gasteiger partial charge in [0.25, 0.3) is 0 Å². The van der Waals surface area contributed by atoms with E-state index in [1.54, 1.807) is 0 Å². The molecule has 0 bridgehead atoms. The van der Waals surface area contributed by atoms with Crippen molar-refractivity contribution in [3.05, 3.63) is 78.2 Å². The second-order valence-electron chi connectivity index (χ2n) is 8.14. The maximum absolute atomic E-state index is 6.34. The molecular weight excluding hydrogens is 384 g/mol. The Balaban J connectivity index is 1.71. The van der Waals surface area contributed by atoms with Crippen molar-refractivity contribution in [2.45, 2.75) is 0 Å². The Morgan fingerprint density at radius 1 is 0.871 bits per heavy atom. The number of nitrogens with zero attached hydrogens (tertiary/aromatic N) is 3. The molecule has 0 atom stereocenters. The molecule has 5 rings (SSSR count). The predicted molar refractivity (Wildman–Crippen MR) is 129 cm³/mol. The number of nitrogens with one attached hydrogen (secondary N) is 1. The zero-order valence-corrected chi connectivity index (χ0v) is 18.2. The molecule has 2 aliphatic rings. The van der Waals surface area contributed by atoms with E-state index >= 15 is 0 Å². The molecule has 1 aliphatic carbocycles. The molecule has 0 spiro atoms. The fourth-order valence-electron chi connectivity index (χ4n) is 3.82. The van der Waals surface area contributed by atoms with Crippen LogP contribution in [0.25, 0.3) is 33.3 Å². The standard InChI is InChI=1S/C26H24N4O/c1-29(2)18-11-9-17(10-12-18)27-23-16-25-26(21-8-6-5-7-20(21)23)28-22-14-13-19(30(3)4)15-24(22)31-25/h5-16H,1-4H3/p+1. The zero-order chi connectivity index (χ0) is 21.5. The largest absolute Gasteiger partial charge is 0.452 e. The summed E-state index contributed by atoms with van der Waals surface area (Å²) < 4.78 is 8.40. The van der Waals surface area contributed by atoms with Gasteiger partial charge in [0.15, 0.2) is 11.3 Å². The second kappa shape index (κ2) is 7.43. The molecule has 5 heteroatoms. The van der Waals surface area contributed by atoms with Gasteiger partial charge in [0, 0.05) is 48.4 Å². The predicted octanol–water partition coefficient (Wildman–Crippen LogP) is 4.93. The first-order valence-electron chi connectivity index (χ1n) is 10.3. The van der Waals surface area contributed by atoms with Gasteiger partial charge in [0.2, 0.25) is 5.36 Å². The van der Waals surface area contributed by atoms with Crippen LogP contribution in [0.1, 0.15) is 0 Å². The quantitative estimate of drug-likeness (QED) is 0.261. The Bertz CT molecular complexity index is 1440. The number of fused-ring (bicyclic) bond motifs is 4. The van der Waals surface area contributed by atoms with Crippen molar-refractivity contribution < 1.29 is 4.42 Å². The molecule has 1 N–H and O–H groups in total. The van der Waals surface area contributed by atoms with Crippen LogP contribution in [0.4, 0.5) is 17.1 Å². The molecular formula is C26H25N4O+. The van der Waals surface area contributed by atoms with Gasteiger partial charge in [-0.25, -0.2) is 9.56 Å². The monoisotopic (exact) mass is 409 g/mol. The van der Waals surface area contributed by atoms with Crippen LogP contribution >= 0.6 is 0 Å². The fraction of sp³-hybridized carbons (Fsp3) is 0.154. The van der Waals surface area contributed by atoms with Crippen molar-refractivity contribution >= 4 is 38.9 Å². The van der Waals surface area contributed by atoms with E-state index in [4.69, 9.17) is 9.40 Å². The molecule has 0 radical (unpaired) electrons. The summed E-state index contributed by atoms with van der Waals surface area (Å²) in [5.74, 6) is 0.773. The first-order valence-corrected chi connectivity index (χ1v) is 10.3. The van der Waals surface area contributed by atoms with Gasteiger partial charge in [-0.15, -0.1) is 0 Å². The summed E-state index contributed by atoms with van der Waals surface area (Å²) in [6.07, 6.45) is 0. The highest BCUT2D eigenvalue weighted by Crippen LogP contribution is 2.35. The third-order valence-corrected chi connectivity index (χ3v) is 5.56. The Morgan fingerprint density at radius 2 is 1.61 bits per heavy atom. The molecule has 1 heterocycles. The number of hydrogen-bond acceptors (Lipinski definition) is 4. The lowest BCUT2D eigenvalue weighted by Gasteiger charge is -2.15. The average molecular weight is 410 g/mol. The Labute approximate surface area is 181 Å². The first-order chi connectivity index (χ1) is 15.0. The average Bonchev–Trinajstić information content (AvgIpc) is 2.78. The molecule has 1 aliphatic heterocycles. The minimum absolute atomic E-state index is 0.759. The number of aromatic nitrogens is 1. The first kappa shape index (κ1) is 19.1. The van der Waals surface area contributed by atoms with E-state index in [2.05, 4.69) is 63.3 Å². The lowest BCUT2D eigenvalue weighted by molar-refractivity contribution is 0.611. The molecule has 0 fully saturated rings. The third-order valence-electron chi connectivity index (χ3n) is 5.56. The van der Waals surface area contributed by atoms with Gasteiger partial charge >= 0.3 is 0 Å². The summed E-state index contributed by atoms with van der Waals surface area (Å²) in [5, 5.41) is 6.82. The highest BCUT2D eigenvalue weighted by Gasteiger charge is 2.15. The Kier molecular flexibility index (Phi) is 4.59. The second-order valence-corrected chi connectivity index (χ2v) is 8.14. The molecule has 31 heavy (non-hydrogen) atoms. The summed E-state index contributed by atoms with van der Waals surface area (Å²) in [6, 6.07) is 24.9. The van der Waals surface area contributed by atoms with Crippen LogP contribution in [-0.2, 0) is 0 Å². The van der Waals surface area contributed by atoms with E-state index in [0.717, 1.165) is 55.7 Å². The van der Waals surface area contributed by atoms with E-state index in [0.29, 0.717) is 0 Å². The van der Waals surface area contributed by atoms with Crippen LogP contribution in [0, 0.1) is 0 Å². The van der Waals surface area contributed by atoms with Crippen LogP contribution in [0.2, 0.25) is 0 Å². The van der Waals surface area contributed by atoms with Gasteiger partial charge in [-0.05, 0) is 30.3 Å². The molecule has 3 aromatic carbocycles. The third kappa shape index (κ3) is 3.48. The maximum Gasteiger partial charge on any atom is 0.203 e. The van der Waals surface area contributed by atoms with Gasteiger partial charge in [-0.1, -0.05) is 24.3 Å². The summed E-state index contributed by atoms with van der Waals surface area (Å²) in [5.41, 5.74) is 5.66. The molecule has 3 aromatic rings. The molecule has 5 nitrogen and oxygen atoms in total. The smallest absolute Gasteiger partial charge is 0.203 e. The number of rotatable bonds is 3. The molecule has 0 amide bonds. The summed E-state index contributed by atoms with van der Waals surface area (Å²) in [4.78, 5) is 7.03. The van der Waals surface area contributed by atoms with E-state index in [1.165, 1.54) is 0 Å². The lowest BCUT2D eigenvalue weighted by atomic mass is 10.1. The zero-order valence-electron chi connectivity index (χ0n) is 18.2. The molecule has 0 aromatic heterocycles. The van der Waals surface area contributed by atoms with Crippen molar-refractivity contribution in [2.75, 3.05) is 38.4 Å². The molecule has 0 saturated heterocycles. The van der Waals surface area contributed by atoms with Crippen LogP contribution in [0.5, 0.6) is 0 Å². The Morgan fingerprint density at radius 3 is 2.32 bits per heavy atom. The van der Waals surface area contributed by atoms with E-state index in [1.807, 2.05) is 52.5 Å². The molecule has 154 valence electrons. The van der Waals surface area contributed by atoms with Gasteiger partial charge in [-0.2, -0.15) is 0 Å². The summed E-state index contributed by atoms with van der Waals surface area (Å²) in [7, 11) is 8.12. The minimum Gasteiger partial charge on any atom is -0.452 e. The highest BCUT2D eigenvalue weighted by molar-refractivity contribution is 6.10. The SMILES string of the molecule is CN(C)c1ccc(Nc2cc3oc4cc(=[N+](C)C)ccc-4nc3c3ccccc23)cc1. The number of benzene rings is 4. The van der Waals surface area contributed by atoms with Crippen molar-refractivity contribution in [1.82, 2.24) is 9.56 Å². The topological polar surface area (TPSA) is 44.3 Å². The summed E-state index contributed by atoms with van der Waals surface area (Å²) in [6.45, 7) is 0. The van der Waals surface area contributed by atoms with Crippen molar-refractivity contribution in [1.29, 1.82) is 0 Å². The van der Waals surface area contributed by atoms with Crippen molar-refractivity contribution in [3.63, 3.8) is 0 Å². The van der Waals surface area contributed by atoms with E-state index in [-0.39, 0.29) is 0 Å². The van der Waals surface area contributed by atoms with Gasteiger partial charge < -0.3 is 14.6 Å². The molecule has 0 saturated carbocycles. The summed E-state index contributed by atoms with van der Waals surface area (Å²) >= 11 is 0. The van der Waals surface area contributed by atoms with Crippen molar-refractivity contribution in [3.8, 4) is 11.5 Å². The normalized spacial score (nSPS) is 11.2. The van der Waals surface area contributed by atoms with E-state index < -0.39 is 0 Å². The van der Waals surface area contributed by atoms with E-state index in [9.17, 15) is 0 Å². The minimum atomic E-state index is 0.759. The van der Waals surface area contributed by atoms with Crippen LogP contribution < -0.4 is 20.1 Å². The van der Waals surface area contributed by atoms with Gasteiger partial charge in [-0.3, -0.25) is 0 Å². The lowest BCUT2D eigenvalue weighted by Crippen LogP contribution is -2.21.